The number of halogens is 2. The topological polar surface area (TPSA) is 55.2 Å². The third-order valence-corrected chi connectivity index (χ3v) is 3.32. The maximum atomic E-state index is 8.91. The van der Waals surface area contributed by atoms with Crippen LogP contribution in [0, 0.1) is 0 Å². The number of likely N-dealkylation sites (N-methyl/N-ethyl adjacent to an activating group) is 1. The summed E-state index contributed by atoms with van der Waals surface area (Å²) in [5.74, 6) is 0. The van der Waals surface area contributed by atoms with E-state index in [-0.39, 0.29) is 31.0 Å². The van der Waals surface area contributed by atoms with Gasteiger partial charge in [0.05, 0.1) is 27.2 Å². The molecule has 0 aromatic carbocycles. The Labute approximate surface area is 133 Å². The number of hydrogen-bond donors (Lipinski definition) is 2. The number of nitrogens with zero attached hydrogens (tertiary/aromatic N) is 1. The van der Waals surface area contributed by atoms with Crippen molar-refractivity contribution in [2.24, 2.45) is 0 Å². The van der Waals surface area contributed by atoms with Crippen molar-refractivity contribution >= 4 is 12.4 Å². The van der Waals surface area contributed by atoms with Crippen molar-refractivity contribution in [3.8, 4) is 0 Å². The van der Waals surface area contributed by atoms with E-state index in [1.807, 2.05) is 0 Å². The molecule has 0 fully saturated rings. The van der Waals surface area contributed by atoms with E-state index in [1.165, 1.54) is 57.9 Å². The highest BCUT2D eigenvalue weighted by molar-refractivity contribution is 5.85. The number of aliphatic hydroxyl groups excluding tert-OH is 1. The number of aliphatic hydroxyl groups is 1. The monoisotopic (exact) mass is 318 g/mol. The minimum absolute atomic E-state index is 0. The summed E-state index contributed by atoms with van der Waals surface area (Å²) in [6, 6.07) is 0. The summed E-state index contributed by atoms with van der Waals surface area (Å²) < 4.78 is 0.965. The summed E-state index contributed by atoms with van der Waals surface area (Å²) in [5, 5.41) is 8.91. The SMILES string of the molecule is CCCCCCCCCC[N+](C)(C)CCO.Cl.N.[Cl-]. The first-order chi connectivity index (χ1) is 7.62. The van der Waals surface area contributed by atoms with Crippen LogP contribution in [0.3, 0.4) is 0 Å². The van der Waals surface area contributed by atoms with Crippen molar-refractivity contribution in [3.05, 3.63) is 0 Å². The molecule has 122 valence electrons. The Morgan fingerprint density at radius 2 is 1.21 bits per heavy atom. The quantitative estimate of drug-likeness (QED) is 0.437. The van der Waals surface area contributed by atoms with E-state index >= 15 is 0 Å². The zero-order chi connectivity index (χ0) is 12.3. The van der Waals surface area contributed by atoms with E-state index in [0.717, 1.165) is 11.0 Å². The van der Waals surface area contributed by atoms with Gasteiger partial charge >= 0.3 is 0 Å². The first-order valence-electron chi connectivity index (χ1n) is 7.05. The summed E-state index contributed by atoms with van der Waals surface area (Å²) in [6.45, 7) is 4.66. The van der Waals surface area contributed by atoms with Crippen LogP contribution in [0.1, 0.15) is 58.3 Å². The van der Waals surface area contributed by atoms with Crippen molar-refractivity contribution in [2.75, 3.05) is 33.8 Å². The zero-order valence-electron chi connectivity index (χ0n) is 13.2. The van der Waals surface area contributed by atoms with Crippen LogP contribution in [-0.4, -0.2) is 43.4 Å². The molecule has 0 aliphatic rings. The predicted molar refractivity (Wildman–Crippen MR) is 83.8 cm³/mol. The number of quaternary nitrogens is 1. The lowest BCUT2D eigenvalue weighted by Gasteiger charge is -2.28. The number of rotatable bonds is 11. The zero-order valence-corrected chi connectivity index (χ0v) is 14.7. The molecule has 0 rings (SSSR count). The van der Waals surface area contributed by atoms with Crippen molar-refractivity contribution in [1.29, 1.82) is 0 Å². The highest BCUT2D eigenvalue weighted by Gasteiger charge is 2.12. The van der Waals surface area contributed by atoms with E-state index < -0.39 is 0 Å². The lowest BCUT2D eigenvalue weighted by atomic mass is 10.1. The summed E-state index contributed by atoms with van der Waals surface area (Å²) >= 11 is 0. The molecule has 3 nitrogen and oxygen atoms in total. The Bertz CT molecular complexity index is 158. The Balaban J connectivity index is -0.000000375. The summed E-state index contributed by atoms with van der Waals surface area (Å²) in [5.41, 5.74) is 0. The molecule has 0 spiro atoms. The molecule has 0 atom stereocenters. The van der Waals surface area contributed by atoms with Gasteiger partial charge in [-0.1, -0.05) is 45.4 Å². The van der Waals surface area contributed by atoms with Gasteiger partial charge in [0.15, 0.2) is 0 Å². The first-order valence-corrected chi connectivity index (χ1v) is 7.05. The molecular weight excluding hydrogens is 283 g/mol. The van der Waals surface area contributed by atoms with Crippen molar-refractivity contribution in [3.63, 3.8) is 0 Å². The highest BCUT2D eigenvalue weighted by atomic mass is 35.5. The van der Waals surface area contributed by atoms with Crippen LogP contribution >= 0.6 is 12.4 Å². The third-order valence-electron chi connectivity index (χ3n) is 3.32. The fourth-order valence-corrected chi connectivity index (χ4v) is 2.06. The normalized spacial score (nSPS) is 10.1. The molecule has 0 radical (unpaired) electrons. The second kappa shape index (κ2) is 18.5. The Morgan fingerprint density at radius 1 is 0.789 bits per heavy atom. The van der Waals surface area contributed by atoms with Crippen molar-refractivity contribution in [1.82, 2.24) is 6.15 Å². The second-order valence-electron chi connectivity index (χ2n) is 5.58. The number of hydrogen-bond acceptors (Lipinski definition) is 2. The molecule has 0 amide bonds. The van der Waals surface area contributed by atoms with Crippen LogP contribution in [0.2, 0.25) is 0 Å². The smallest absolute Gasteiger partial charge is 0.102 e. The lowest BCUT2D eigenvalue weighted by molar-refractivity contribution is -0.890. The summed E-state index contributed by atoms with van der Waals surface area (Å²) in [7, 11) is 4.41. The first kappa shape index (κ1) is 27.7. The van der Waals surface area contributed by atoms with Gasteiger partial charge in [-0.05, 0) is 12.8 Å². The molecule has 0 bridgehead atoms. The van der Waals surface area contributed by atoms with Crippen LogP contribution in [-0.2, 0) is 0 Å². The van der Waals surface area contributed by atoms with Gasteiger partial charge in [-0.25, -0.2) is 0 Å². The van der Waals surface area contributed by atoms with Crippen LogP contribution < -0.4 is 18.6 Å². The average molecular weight is 319 g/mol. The van der Waals surface area contributed by atoms with Gasteiger partial charge in [-0.15, -0.1) is 12.4 Å². The maximum Gasteiger partial charge on any atom is 0.102 e. The number of unbranched alkanes of at least 4 members (excludes halogenated alkanes) is 7. The van der Waals surface area contributed by atoms with E-state index in [2.05, 4.69) is 21.0 Å². The van der Waals surface area contributed by atoms with Gasteiger partial charge < -0.3 is 28.1 Å². The predicted octanol–water partition coefficient (Wildman–Crippen LogP) is 0.784. The van der Waals surface area contributed by atoms with Gasteiger partial charge in [0.2, 0.25) is 0 Å². The molecule has 19 heavy (non-hydrogen) atoms. The molecule has 0 aromatic rings. The van der Waals surface area contributed by atoms with Crippen molar-refractivity contribution in [2.45, 2.75) is 58.3 Å². The summed E-state index contributed by atoms with van der Waals surface area (Å²) in [4.78, 5) is 0. The average Bonchev–Trinajstić information content (AvgIpc) is 2.22. The van der Waals surface area contributed by atoms with Gasteiger partial charge in [-0.2, -0.15) is 0 Å². The molecule has 0 aromatic heterocycles. The van der Waals surface area contributed by atoms with Crippen molar-refractivity contribution < 1.29 is 22.0 Å². The van der Waals surface area contributed by atoms with Gasteiger partial charge in [0, 0.05) is 0 Å². The third kappa shape index (κ3) is 20.9. The Hall–Kier alpha value is 0.460. The van der Waals surface area contributed by atoms with E-state index in [9.17, 15) is 0 Å². The molecule has 0 aliphatic carbocycles. The molecule has 0 saturated heterocycles. The lowest BCUT2D eigenvalue weighted by Crippen LogP contribution is -3.00. The Kier molecular flexibility index (Phi) is 27.0. The molecule has 0 heterocycles. The van der Waals surface area contributed by atoms with E-state index in [1.54, 1.807) is 0 Å². The van der Waals surface area contributed by atoms with Crippen LogP contribution in [0.15, 0.2) is 0 Å². The second-order valence-corrected chi connectivity index (χ2v) is 5.58. The highest BCUT2D eigenvalue weighted by Crippen LogP contribution is 2.09. The fourth-order valence-electron chi connectivity index (χ4n) is 2.06. The minimum atomic E-state index is 0. The van der Waals surface area contributed by atoms with Crippen LogP contribution in [0.5, 0.6) is 0 Å². The van der Waals surface area contributed by atoms with Gasteiger partial charge in [0.1, 0.15) is 6.54 Å². The molecule has 5 heteroatoms. The Morgan fingerprint density at radius 3 is 1.63 bits per heavy atom. The van der Waals surface area contributed by atoms with E-state index in [0.29, 0.717) is 6.61 Å². The minimum Gasteiger partial charge on any atom is -1.00 e. The maximum absolute atomic E-state index is 8.91. The van der Waals surface area contributed by atoms with Crippen LogP contribution in [0.4, 0.5) is 0 Å². The van der Waals surface area contributed by atoms with Gasteiger partial charge in [0.25, 0.3) is 0 Å². The largest absolute Gasteiger partial charge is 1.00 e. The fraction of sp³-hybridized carbons (Fsp3) is 1.00. The molecular formula is C14H36Cl2N2O. The summed E-state index contributed by atoms with van der Waals surface area (Å²) in [6.07, 6.45) is 11.1. The standard InChI is InChI=1S/C14H32NO.2ClH.H3N/c1-4-5-6-7-8-9-10-11-12-15(2,3)13-14-16;;;/h16H,4-14H2,1-3H3;2*1H;1H3/q+1;;;/p-1. The van der Waals surface area contributed by atoms with Crippen LogP contribution in [0.25, 0.3) is 0 Å². The van der Waals surface area contributed by atoms with E-state index in [4.69, 9.17) is 5.11 Å². The van der Waals surface area contributed by atoms with Gasteiger partial charge in [-0.3, -0.25) is 0 Å². The molecule has 0 unspecified atom stereocenters. The molecule has 4 N–H and O–H groups in total. The molecule has 0 aliphatic heterocycles. The molecule has 0 saturated carbocycles.